The van der Waals surface area contributed by atoms with E-state index < -0.39 is 0 Å². The molecule has 2 aliphatic rings. The lowest BCUT2D eigenvalue weighted by Gasteiger charge is -2.31. The molecule has 182 valence electrons. The van der Waals surface area contributed by atoms with Crippen molar-refractivity contribution in [3.05, 3.63) is 59.1 Å². The van der Waals surface area contributed by atoms with Gasteiger partial charge in [0, 0.05) is 56.0 Å². The monoisotopic (exact) mass is 485 g/mol. The van der Waals surface area contributed by atoms with Gasteiger partial charge in [-0.2, -0.15) is 0 Å². The topological polar surface area (TPSA) is 71.1 Å². The molecule has 2 aromatic carbocycles. The molecule has 7 nitrogen and oxygen atoms in total. The number of likely N-dealkylation sites (N-methyl/N-ethyl adjacent to an activating group) is 1. The van der Waals surface area contributed by atoms with Crippen molar-refractivity contribution in [3.63, 3.8) is 0 Å². The maximum absolute atomic E-state index is 12.7. The van der Waals surface area contributed by atoms with E-state index in [4.69, 9.17) is 21.1 Å². The number of carbonyl (C=O) groups excluding carboxylic acids is 2. The molecule has 2 amide bonds. The first kappa shape index (κ1) is 24.5. The largest absolute Gasteiger partial charge is 0.492 e. The van der Waals surface area contributed by atoms with Gasteiger partial charge in [0.1, 0.15) is 12.4 Å². The van der Waals surface area contributed by atoms with E-state index >= 15 is 0 Å². The average Bonchev–Trinajstić information content (AvgIpc) is 3.25. The fraction of sp³-hybridized carbons (Fsp3) is 0.462. The molecule has 1 N–H and O–H groups in total. The normalized spacial score (nSPS) is 19.0. The van der Waals surface area contributed by atoms with Gasteiger partial charge in [0.2, 0.25) is 11.8 Å². The van der Waals surface area contributed by atoms with Crippen LogP contribution in [0.5, 0.6) is 5.75 Å². The third-order valence-electron chi connectivity index (χ3n) is 6.53. The molecule has 2 aliphatic heterocycles. The van der Waals surface area contributed by atoms with E-state index in [0.717, 1.165) is 49.6 Å². The maximum atomic E-state index is 12.7. The van der Waals surface area contributed by atoms with Crippen LogP contribution in [0.15, 0.2) is 48.5 Å². The van der Waals surface area contributed by atoms with Gasteiger partial charge in [0.25, 0.3) is 0 Å². The van der Waals surface area contributed by atoms with Crippen LogP contribution in [-0.4, -0.2) is 62.7 Å². The van der Waals surface area contributed by atoms with Crippen LogP contribution >= 0.6 is 11.6 Å². The lowest BCUT2D eigenvalue weighted by atomic mass is 10.1. The highest BCUT2D eigenvalue weighted by atomic mass is 35.5. The quantitative estimate of drug-likeness (QED) is 0.588. The number of amides is 2. The standard InChI is InChI=1S/C26H32ClN3O4/c1-29(22-9-12-33-13-10-22)11-14-34-24-4-2-3-19(15-24)17-28-26(32)20-16-25(31)30(18-20)23-7-5-21(27)6-8-23/h2-8,15,20,22H,9-14,16-18H2,1H3,(H,28,32). The molecular weight excluding hydrogens is 454 g/mol. The number of nitrogens with one attached hydrogen (secondary N) is 1. The summed E-state index contributed by atoms with van der Waals surface area (Å²) in [5.74, 6) is 0.248. The Labute approximate surface area is 206 Å². The Bertz CT molecular complexity index is 978. The second-order valence-corrected chi connectivity index (χ2v) is 9.36. The van der Waals surface area contributed by atoms with Gasteiger partial charge in [-0.3, -0.25) is 14.5 Å². The van der Waals surface area contributed by atoms with Crippen LogP contribution in [0.3, 0.4) is 0 Å². The minimum absolute atomic E-state index is 0.0522. The van der Waals surface area contributed by atoms with Crippen LogP contribution in [-0.2, 0) is 20.9 Å². The van der Waals surface area contributed by atoms with E-state index in [-0.39, 0.29) is 24.2 Å². The van der Waals surface area contributed by atoms with E-state index in [0.29, 0.717) is 30.8 Å². The lowest BCUT2D eigenvalue weighted by Crippen LogP contribution is -2.38. The number of carbonyl (C=O) groups is 2. The predicted octanol–water partition coefficient (Wildman–Crippen LogP) is 3.50. The molecule has 2 heterocycles. The van der Waals surface area contributed by atoms with Crippen LogP contribution < -0.4 is 15.0 Å². The zero-order chi connectivity index (χ0) is 23.9. The zero-order valence-electron chi connectivity index (χ0n) is 19.5. The molecule has 0 aromatic heterocycles. The highest BCUT2D eigenvalue weighted by Gasteiger charge is 2.35. The van der Waals surface area contributed by atoms with Crippen LogP contribution in [0.4, 0.5) is 5.69 Å². The first-order valence-corrected chi connectivity index (χ1v) is 12.2. The van der Waals surface area contributed by atoms with Crippen LogP contribution in [0.2, 0.25) is 5.02 Å². The van der Waals surface area contributed by atoms with Crippen molar-refractivity contribution in [1.82, 2.24) is 10.2 Å². The molecule has 0 aliphatic carbocycles. The Morgan fingerprint density at radius 1 is 1.21 bits per heavy atom. The van der Waals surface area contributed by atoms with Gasteiger partial charge in [-0.05, 0) is 61.9 Å². The van der Waals surface area contributed by atoms with Crippen molar-refractivity contribution in [2.75, 3.05) is 44.9 Å². The molecule has 2 saturated heterocycles. The summed E-state index contributed by atoms with van der Waals surface area (Å²) < 4.78 is 11.4. The molecule has 0 saturated carbocycles. The second kappa shape index (κ2) is 11.7. The SMILES string of the molecule is CN(CCOc1cccc(CNC(=O)C2CC(=O)N(c3ccc(Cl)cc3)C2)c1)C1CCOCC1. The molecule has 2 fully saturated rings. The van der Waals surface area contributed by atoms with Crippen LogP contribution in [0.1, 0.15) is 24.8 Å². The van der Waals surface area contributed by atoms with Crippen molar-refractivity contribution in [1.29, 1.82) is 0 Å². The summed E-state index contributed by atoms with van der Waals surface area (Å²) in [5.41, 5.74) is 1.72. The minimum Gasteiger partial charge on any atom is -0.492 e. The number of hydrogen-bond donors (Lipinski definition) is 1. The van der Waals surface area contributed by atoms with Crippen LogP contribution in [0, 0.1) is 5.92 Å². The minimum atomic E-state index is -0.372. The van der Waals surface area contributed by atoms with Crippen molar-refractivity contribution in [2.24, 2.45) is 5.92 Å². The van der Waals surface area contributed by atoms with Crippen LogP contribution in [0.25, 0.3) is 0 Å². The molecule has 1 unspecified atom stereocenters. The van der Waals surface area contributed by atoms with E-state index in [1.54, 1.807) is 29.2 Å². The summed E-state index contributed by atoms with van der Waals surface area (Å²) in [7, 11) is 2.13. The van der Waals surface area contributed by atoms with Gasteiger partial charge in [-0.25, -0.2) is 0 Å². The van der Waals surface area contributed by atoms with E-state index in [1.165, 1.54) is 0 Å². The van der Waals surface area contributed by atoms with Gasteiger partial charge < -0.3 is 19.7 Å². The summed E-state index contributed by atoms with van der Waals surface area (Å²) in [6.45, 7) is 3.88. The molecule has 34 heavy (non-hydrogen) atoms. The predicted molar refractivity (Wildman–Crippen MR) is 132 cm³/mol. The first-order valence-electron chi connectivity index (χ1n) is 11.8. The highest BCUT2D eigenvalue weighted by Crippen LogP contribution is 2.26. The Balaban J connectivity index is 1.23. The third-order valence-corrected chi connectivity index (χ3v) is 6.78. The van der Waals surface area contributed by atoms with Gasteiger partial charge in [-0.1, -0.05) is 23.7 Å². The number of nitrogens with zero attached hydrogens (tertiary/aromatic N) is 2. The number of hydrogen-bond acceptors (Lipinski definition) is 5. The Morgan fingerprint density at radius 2 is 1.97 bits per heavy atom. The lowest BCUT2D eigenvalue weighted by molar-refractivity contribution is -0.126. The van der Waals surface area contributed by atoms with Crippen molar-refractivity contribution in [3.8, 4) is 5.75 Å². The van der Waals surface area contributed by atoms with Gasteiger partial charge in [-0.15, -0.1) is 0 Å². The Morgan fingerprint density at radius 3 is 2.74 bits per heavy atom. The fourth-order valence-electron chi connectivity index (χ4n) is 4.45. The molecule has 2 aromatic rings. The number of rotatable bonds is 9. The summed E-state index contributed by atoms with van der Waals surface area (Å²) in [6.07, 6.45) is 2.34. The Hall–Kier alpha value is -2.61. The summed E-state index contributed by atoms with van der Waals surface area (Å²) >= 11 is 5.94. The smallest absolute Gasteiger partial charge is 0.227 e. The Kier molecular flexibility index (Phi) is 8.43. The highest BCUT2D eigenvalue weighted by molar-refractivity contribution is 6.30. The summed E-state index contributed by atoms with van der Waals surface area (Å²) in [6, 6.07) is 15.4. The second-order valence-electron chi connectivity index (χ2n) is 8.92. The number of halogens is 1. The summed E-state index contributed by atoms with van der Waals surface area (Å²) in [4.78, 5) is 29.1. The molecule has 8 heteroatoms. The number of ether oxygens (including phenoxy) is 2. The van der Waals surface area contributed by atoms with Gasteiger partial charge in [0.05, 0.1) is 5.92 Å². The maximum Gasteiger partial charge on any atom is 0.227 e. The van der Waals surface area contributed by atoms with Crippen molar-refractivity contribution in [2.45, 2.75) is 31.8 Å². The molecule has 0 radical (unpaired) electrons. The van der Waals surface area contributed by atoms with Gasteiger partial charge >= 0.3 is 0 Å². The van der Waals surface area contributed by atoms with E-state index in [1.807, 2.05) is 24.3 Å². The fourth-order valence-corrected chi connectivity index (χ4v) is 4.57. The number of anilines is 1. The summed E-state index contributed by atoms with van der Waals surface area (Å²) in [5, 5.41) is 3.59. The average molecular weight is 486 g/mol. The molecule has 0 bridgehead atoms. The van der Waals surface area contributed by atoms with E-state index in [9.17, 15) is 9.59 Å². The van der Waals surface area contributed by atoms with Gasteiger partial charge in [0.15, 0.2) is 0 Å². The molecular formula is C26H32ClN3O4. The third kappa shape index (κ3) is 6.50. The zero-order valence-corrected chi connectivity index (χ0v) is 20.3. The molecule has 4 rings (SSSR count). The van der Waals surface area contributed by atoms with E-state index in [2.05, 4.69) is 17.3 Å². The van der Waals surface area contributed by atoms with Crippen molar-refractivity contribution >= 4 is 29.1 Å². The number of benzene rings is 2. The van der Waals surface area contributed by atoms with Crippen molar-refractivity contribution < 1.29 is 19.1 Å². The molecule has 0 spiro atoms. The molecule has 1 atom stereocenters. The first-order chi connectivity index (χ1) is 16.5.